The predicted octanol–water partition coefficient (Wildman–Crippen LogP) is 1.90. The van der Waals surface area contributed by atoms with E-state index in [1.165, 1.54) is 0 Å². The molecule has 0 aliphatic heterocycles. The Hall–Kier alpha value is -2.73. The summed E-state index contributed by atoms with van der Waals surface area (Å²) in [5.74, 6) is -0.0331. The van der Waals surface area contributed by atoms with Crippen LogP contribution in [0.25, 0.3) is 0 Å². The normalized spacial score (nSPS) is 18.5. The molecule has 0 fully saturated rings. The predicted molar refractivity (Wildman–Crippen MR) is 130 cm³/mol. The Labute approximate surface area is 200 Å². The van der Waals surface area contributed by atoms with E-state index in [1.54, 1.807) is 48.5 Å². The topological polar surface area (TPSA) is 147 Å². The van der Waals surface area contributed by atoms with Crippen LogP contribution < -0.4 is 15.2 Å². The van der Waals surface area contributed by atoms with E-state index in [4.69, 9.17) is 5.73 Å². The van der Waals surface area contributed by atoms with Crippen molar-refractivity contribution in [2.75, 3.05) is 18.8 Å². The Morgan fingerprint density at radius 2 is 1.26 bits per heavy atom. The van der Waals surface area contributed by atoms with Crippen molar-refractivity contribution < 1.29 is 16.8 Å². The summed E-state index contributed by atoms with van der Waals surface area (Å²) in [7, 11) is -7.41. The van der Waals surface area contributed by atoms with E-state index in [-0.39, 0.29) is 34.7 Å². The van der Waals surface area contributed by atoms with Gasteiger partial charge in [0.15, 0.2) is 5.95 Å². The van der Waals surface area contributed by atoms with Crippen LogP contribution in [-0.4, -0.2) is 39.9 Å². The summed E-state index contributed by atoms with van der Waals surface area (Å²) < 4.78 is 56.6. The quantitative estimate of drug-likeness (QED) is 0.369. The maximum atomic E-state index is 12.8. The van der Waals surface area contributed by atoms with E-state index in [0.717, 1.165) is 22.5 Å². The number of rotatable bonds is 8. The molecule has 1 aliphatic carbocycles. The summed E-state index contributed by atoms with van der Waals surface area (Å²) in [4.78, 5) is 7.74. The lowest BCUT2D eigenvalue weighted by atomic mass is 9.80. The number of aromatic amines is 1. The first kappa shape index (κ1) is 24.4. The standard InChI is InChI=1S/C23H29N5O4S2/c1-15-3-7-19(8-4-15)33(29,30)25-13-17-11-21-22(28-23(24)27-21)12-18(17)14-26-34(31,32)20-9-5-16(2)6-10-20/h3-10,17-18,25-26H,11-14H2,1-2H3,(H3,24,27,28). The monoisotopic (exact) mass is 503 g/mol. The summed E-state index contributed by atoms with van der Waals surface area (Å²) in [6.07, 6.45) is 0.989. The van der Waals surface area contributed by atoms with Gasteiger partial charge in [0.1, 0.15) is 0 Å². The zero-order chi connectivity index (χ0) is 24.5. The SMILES string of the molecule is Cc1ccc(S(=O)(=O)NCC2Cc3nc(N)[nH]c3CC2CNS(=O)(=O)c2ccc(C)cc2)cc1. The molecule has 0 saturated heterocycles. The van der Waals surface area contributed by atoms with Crippen molar-refractivity contribution in [3.8, 4) is 0 Å². The fourth-order valence-electron chi connectivity index (χ4n) is 4.16. The molecule has 11 heteroatoms. The first-order valence-corrected chi connectivity index (χ1v) is 14.0. The Kier molecular flexibility index (Phi) is 6.81. The van der Waals surface area contributed by atoms with Gasteiger partial charge in [0.2, 0.25) is 20.0 Å². The molecule has 2 aromatic carbocycles. The molecular weight excluding hydrogens is 474 g/mol. The lowest BCUT2D eigenvalue weighted by molar-refractivity contribution is 0.303. The molecule has 9 nitrogen and oxygen atoms in total. The largest absolute Gasteiger partial charge is 0.369 e. The molecule has 1 aromatic heterocycles. The van der Waals surface area contributed by atoms with Gasteiger partial charge in [-0.05, 0) is 62.8 Å². The third kappa shape index (κ3) is 5.49. The Balaban J connectivity index is 1.50. The average Bonchev–Trinajstić information content (AvgIpc) is 3.15. The second-order valence-corrected chi connectivity index (χ2v) is 12.3. The number of nitrogen functional groups attached to an aromatic ring is 1. The zero-order valence-electron chi connectivity index (χ0n) is 19.1. The maximum Gasteiger partial charge on any atom is 0.240 e. The lowest BCUT2D eigenvalue weighted by Crippen LogP contribution is -2.42. The molecule has 2 atom stereocenters. The smallest absolute Gasteiger partial charge is 0.240 e. The molecule has 1 aliphatic rings. The van der Waals surface area contributed by atoms with Gasteiger partial charge < -0.3 is 10.7 Å². The van der Waals surface area contributed by atoms with E-state index >= 15 is 0 Å². The molecule has 5 N–H and O–H groups in total. The van der Waals surface area contributed by atoms with E-state index in [0.29, 0.717) is 18.8 Å². The van der Waals surface area contributed by atoms with E-state index < -0.39 is 20.0 Å². The van der Waals surface area contributed by atoms with Gasteiger partial charge in [0.25, 0.3) is 0 Å². The highest BCUT2D eigenvalue weighted by atomic mass is 32.2. The molecule has 0 amide bonds. The number of aryl methyl sites for hydroxylation is 2. The Morgan fingerprint density at radius 3 is 1.74 bits per heavy atom. The van der Waals surface area contributed by atoms with E-state index in [2.05, 4.69) is 19.4 Å². The van der Waals surface area contributed by atoms with Crippen molar-refractivity contribution in [1.29, 1.82) is 0 Å². The zero-order valence-corrected chi connectivity index (χ0v) is 20.7. The maximum absolute atomic E-state index is 12.8. The van der Waals surface area contributed by atoms with Gasteiger partial charge in [-0.15, -0.1) is 0 Å². The first-order chi connectivity index (χ1) is 16.0. The number of nitrogens with one attached hydrogen (secondary N) is 3. The number of nitrogens with two attached hydrogens (primary N) is 1. The first-order valence-electron chi connectivity index (χ1n) is 11.0. The van der Waals surface area contributed by atoms with E-state index in [1.807, 2.05) is 13.8 Å². The highest BCUT2D eigenvalue weighted by Gasteiger charge is 2.33. The van der Waals surface area contributed by atoms with E-state index in [9.17, 15) is 16.8 Å². The third-order valence-electron chi connectivity index (χ3n) is 6.20. The molecule has 1 heterocycles. The number of hydrogen-bond donors (Lipinski definition) is 4. The van der Waals surface area contributed by atoms with Crippen molar-refractivity contribution in [3.05, 3.63) is 71.0 Å². The van der Waals surface area contributed by atoms with Crippen molar-refractivity contribution in [2.45, 2.75) is 36.5 Å². The Morgan fingerprint density at radius 1 is 0.824 bits per heavy atom. The molecule has 0 radical (unpaired) electrons. The van der Waals surface area contributed by atoms with Crippen LogP contribution >= 0.6 is 0 Å². The van der Waals surface area contributed by atoms with Gasteiger partial charge in [-0.1, -0.05) is 35.4 Å². The summed E-state index contributed by atoms with van der Waals surface area (Å²) in [5, 5.41) is 0. The van der Waals surface area contributed by atoms with Crippen molar-refractivity contribution in [2.24, 2.45) is 11.8 Å². The van der Waals surface area contributed by atoms with Crippen LogP contribution in [0.15, 0.2) is 58.3 Å². The van der Waals surface area contributed by atoms with Gasteiger partial charge in [-0.2, -0.15) is 0 Å². The number of sulfonamides is 2. The molecule has 182 valence electrons. The molecule has 2 unspecified atom stereocenters. The van der Waals surface area contributed by atoms with Crippen LogP contribution in [-0.2, 0) is 32.9 Å². The molecule has 0 spiro atoms. The molecule has 3 aromatic rings. The van der Waals surface area contributed by atoms with Gasteiger partial charge in [-0.3, -0.25) is 0 Å². The van der Waals surface area contributed by atoms with Crippen LogP contribution in [0.4, 0.5) is 5.95 Å². The van der Waals surface area contributed by atoms with Gasteiger partial charge in [0, 0.05) is 18.8 Å². The highest BCUT2D eigenvalue weighted by Crippen LogP contribution is 2.30. The molecule has 4 rings (SSSR count). The summed E-state index contributed by atoms with van der Waals surface area (Å²) in [6.45, 7) is 4.09. The molecule has 0 saturated carbocycles. The number of nitrogens with zero attached hydrogens (tertiary/aromatic N) is 1. The molecular formula is C23H29N5O4S2. The molecule has 34 heavy (non-hydrogen) atoms. The number of fused-ring (bicyclic) bond motifs is 1. The van der Waals surface area contributed by atoms with Crippen LogP contribution in [0.5, 0.6) is 0 Å². The third-order valence-corrected chi connectivity index (χ3v) is 9.08. The van der Waals surface area contributed by atoms with Crippen LogP contribution in [0.3, 0.4) is 0 Å². The minimum atomic E-state index is -3.70. The number of hydrogen-bond acceptors (Lipinski definition) is 6. The minimum absolute atomic E-state index is 0.152. The lowest BCUT2D eigenvalue weighted by Gasteiger charge is -2.31. The van der Waals surface area contributed by atoms with Gasteiger partial charge in [-0.25, -0.2) is 31.3 Å². The van der Waals surface area contributed by atoms with Crippen LogP contribution in [0.2, 0.25) is 0 Å². The summed E-state index contributed by atoms with van der Waals surface area (Å²) >= 11 is 0. The Bertz CT molecular complexity index is 1260. The number of anilines is 1. The highest BCUT2D eigenvalue weighted by molar-refractivity contribution is 7.89. The van der Waals surface area contributed by atoms with Crippen molar-refractivity contribution >= 4 is 26.0 Å². The van der Waals surface area contributed by atoms with Crippen LogP contribution in [0.1, 0.15) is 22.5 Å². The molecule has 0 bridgehead atoms. The fraction of sp³-hybridized carbons (Fsp3) is 0.348. The minimum Gasteiger partial charge on any atom is -0.369 e. The summed E-state index contributed by atoms with van der Waals surface area (Å²) in [6, 6.07) is 13.3. The summed E-state index contributed by atoms with van der Waals surface area (Å²) in [5.41, 5.74) is 9.40. The van der Waals surface area contributed by atoms with Gasteiger partial charge >= 0.3 is 0 Å². The number of imidazole rings is 1. The average molecular weight is 504 g/mol. The second-order valence-electron chi connectivity index (χ2n) is 8.81. The van der Waals surface area contributed by atoms with Crippen LogP contribution in [0, 0.1) is 25.7 Å². The number of aromatic nitrogens is 2. The van der Waals surface area contributed by atoms with Crippen molar-refractivity contribution in [3.63, 3.8) is 0 Å². The number of benzene rings is 2. The van der Waals surface area contributed by atoms with Gasteiger partial charge in [0.05, 0.1) is 15.5 Å². The second kappa shape index (κ2) is 9.49. The van der Waals surface area contributed by atoms with Crippen molar-refractivity contribution in [1.82, 2.24) is 19.4 Å². The fourth-order valence-corrected chi connectivity index (χ4v) is 6.35. The number of H-pyrrole nitrogens is 1.